The number of hydrogen-bond acceptors (Lipinski definition) is 4. The molecule has 0 saturated heterocycles. The monoisotopic (exact) mass is 333 g/mol. The summed E-state index contributed by atoms with van der Waals surface area (Å²) in [4.78, 5) is 0. The Morgan fingerprint density at radius 2 is 2.05 bits per heavy atom. The van der Waals surface area contributed by atoms with Gasteiger partial charge >= 0.3 is 0 Å². The van der Waals surface area contributed by atoms with Crippen LogP contribution in [0.15, 0.2) is 28.5 Å². The maximum Gasteiger partial charge on any atom is 0.250 e. The Kier molecular flexibility index (Phi) is 4.71. The standard InChI is InChI=1S/C13H16ClNO3S2/c1-8(7-16)9(2)15-20(17,18)13-6-10-5-11(14)3-4-12(10)19-13/h3-6,8-9,15-16H,7H2,1-2H3. The van der Waals surface area contributed by atoms with Crippen molar-refractivity contribution in [3.8, 4) is 0 Å². The molecule has 7 heteroatoms. The van der Waals surface area contributed by atoms with Crippen molar-refractivity contribution in [1.82, 2.24) is 4.72 Å². The van der Waals surface area contributed by atoms with Gasteiger partial charge in [-0.05, 0) is 42.5 Å². The highest BCUT2D eigenvalue weighted by molar-refractivity contribution is 7.91. The average molecular weight is 334 g/mol. The van der Waals surface area contributed by atoms with Crippen molar-refractivity contribution in [2.45, 2.75) is 24.1 Å². The first-order valence-corrected chi connectivity index (χ1v) is 8.83. The number of nitrogens with one attached hydrogen (secondary N) is 1. The molecule has 2 unspecified atom stereocenters. The number of benzene rings is 1. The molecular weight excluding hydrogens is 318 g/mol. The number of aliphatic hydroxyl groups excluding tert-OH is 1. The predicted octanol–water partition coefficient (Wildman–Crippen LogP) is 2.85. The van der Waals surface area contributed by atoms with Gasteiger partial charge in [0.1, 0.15) is 4.21 Å². The molecule has 1 aromatic carbocycles. The zero-order valence-corrected chi connectivity index (χ0v) is 13.5. The number of aliphatic hydroxyl groups is 1. The summed E-state index contributed by atoms with van der Waals surface area (Å²) in [5.41, 5.74) is 0. The first-order chi connectivity index (χ1) is 9.33. The lowest BCUT2D eigenvalue weighted by Crippen LogP contribution is -2.37. The molecule has 0 fully saturated rings. The topological polar surface area (TPSA) is 66.4 Å². The van der Waals surface area contributed by atoms with Gasteiger partial charge < -0.3 is 5.11 Å². The van der Waals surface area contributed by atoms with Crippen LogP contribution >= 0.6 is 22.9 Å². The van der Waals surface area contributed by atoms with E-state index >= 15 is 0 Å². The van der Waals surface area contributed by atoms with E-state index in [0.29, 0.717) is 5.02 Å². The fourth-order valence-electron chi connectivity index (χ4n) is 1.70. The van der Waals surface area contributed by atoms with Crippen molar-refractivity contribution < 1.29 is 13.5 Å². The molecule has 0 aliphatic carbocycles. The van der Waals surface area contributed by atoms with Crippen LogP contribution in [0.4, 0.5) is 0 Å². The van der Waals surface area contributed by atoms with E-state index in [0.717, 1.165) is 10.1 Å². The summed E-state index contributed by atoms with van der Waals surface area (Å²) in [7, 11) is -3.58. The molecule has 0 bridgehead atoms. The normalized spacial score (nSPS) is 15.4. The number of hydrogen-bond donors (Lipinski definition) is 2. The largest absolute Gasteiger partial charge is 0.396 e. The zero-order chi connectivity index (χ0) is 14.9. The van der Waals surface area contributed by atoms with Crippen LogP contribution in [0.3, 0.4) is 0 Å². The van der Waals surface area contributed by atoms with E-state index < -0.39 is 10.0 Å². The number of halogens is 1. The van der Waals surface area contributed by atoms with Crippen LogP contribution in [0.1, 0.15) is 13.8 Å². The second-order valence-corrected chi connectivity index (χ2v) is 8.28. The van der Waals surface area contributed by atoms with Gasteiger partial charge in [0.05, 0.1) is 0 Å². The fourth-order valence-corrected chi connectivity index (χ4v) is 4.63. The number of sulfonamides is 1. The van der Waals surface area contributed by atoms with Crippen LogP contribution in [-0.4, -0.2) is 26.2 Å². The molecule has 1 heterocycles. The summed E-state index contributed by atoms with van der Waals surface area (Å²) in [6.45, 7) is 3.46. The molecule has 0 radical (unpaired) electrons. The van der Waals surface area contributed by atoms with E-state index in [4.69, 9.17) is 16.7 Å². The van der Waals surface area contributed by atoms with Crippen molar-refractivity contribution in [2.24, 2.45) is 5.92 Å². The fraction of sp³-hybridized carbons (Fsp3) is 0.385. The molecule has 2 N–H and O–H groups in total. The van der Waals surface area contributed by atoms with Gasteiger partial charge in [0.2, 0.25) is 10.0 Å². The molecular formula is C13H16ClNO3S2. The lowest BCUT2D eigenvalue weighted by molar-refractivity contribution is 0.216. The molecule has 0 aliphatic heterocycles. The highest BCUT2D eigenvalue weighted by Crippen LogP contribution is 2.31. The third kappa shape index (κ3) is 3.32. The Balaban J connectivity index is 2.32. The maximum absolute atomic E-state index is 12.3. The predicted molar refractivity (Wildman–Crippen MR) is 82.9 cm³/mol. The highest BCUT2D eigenvalue weighted by Gasteiger charge is 2.22. The van der Waals surface area contributed by atoms with Crippen molar-refractivity contribution in [3.63, 3.8) is 0 Å². The van der Waals surface area contributed by atoms with Crippen molar-refractivity contribution in [2.75, 3.05) is 6.61 Å². The molecule has 4 nitrogen and oxygen atoms in total. The molecule has 0 saturated carbocycles. The summed E-state index contributed by atoms with van der Waals surface area (Å²) >= 11 is 7.10. The van der Waals surface area contributed by atoms with Gasteiger partial charge in [-0.15, -0.1) is 11.3 Å². The Hall–Kier alpha value is -0.660. The third-order valence-electron chi connectivity index (χ3n) is 3.20. The van der Waals surface area contributed by atoms with Gasteiger partial charge in [0, 0.05) is 22.4 Å². The summed E-state index contributed by atoms with van der Waals surface area (Å²) in [5.74, 6) is -0.145. The van der Waals surface area contributed by atoms with Crippen LogP contribution in [0.25, 0.3) is 10.1 Å². The SMILES string of the molecule is CC(CO)C(C)NS(=O)(=O)c1cc2cc(Cl)ccc2s1. The zero-order valence-electron chi connectivity index (χ0n) is 11.1. The molecule has 1 aromatic heterocycles. The second kappa shape index (κ2) is 5.99. The summed E-state index contributed by atoms with van der Waals surface area (Å²) in [6, 6.07) is 6.57. The van der Waals surface area contributed by atoms with Gasteiger partial charge in [-0.3, -0.25) is 0 Å². The number of thiophene rings is 1. The van der Waals surface area contributed by atoms with Gasteiger partial charge in [-0.1, -0.05) is 18.5 Å². The van der Waals surface area contributed by atoms with Crippen LogP contribution in [0.2, 0.25) is 5.02 Å². The Bertz CT molecular complexity index is 711. The van der Waals surface area contributed by atoms with E-state index in [2.05, 4.69) is 4.72 Å². The van der Waals surface area contributed by atoms with Gasteiger partial charge in [-0.25, -0.2) is 13.1 Å². The van der Waals surface area contributed by atoms with E-state index in [1.54, 1.807) is 38.1 Å². The van der Waals surface area contributed by atoms with E-state index in [1.807, 2.05) is 0 Å². The Morgan fingerprint density at radius 1 is 1.35 bits per heavy atom. The minimum atomic E-state index is -3.58. The van der Waals surface area contributed by atoms with Gasteiger partial charge in [-0.2, -0.15) is 0 Å². The molecule has 110 valence electrons. The molecule has 2 atom stereocenters. The van der Waals surface area contributed by atoms with Crippen LogP contribution in [0, 0.1) is 5.92 Å². The lowest BCUT2D eigenvalue weighted by Gasteiger charge is -2.18. The maximum atomic E-state index is 12.3. The van der Waals surface area contributed by atoms with Crippen molar-refractivity contribution >= 4 is 43.0 Å². The van der Waals surface area contributed by atoms with E-state index in [-0.39, 0.29) is 22.8 Å². The quantitative estimate of drug-likeness (QED) is 0.884. The molecule has 2 aromatic rings. The Labute approximate surface area is 127 Å². The lowest BCUT2D eigenvalue weighted by atomic mass is 10.1. The minimum absolute atomic E-state index is 0.0638. The van der Waals surface area contributed by atoms with Crippen LogP contribution in [-0.2, 0) is 10.0 Å². The van der Waals surface area contributed by atoms with Gasteiger partial charge in [0.25, 0.3) is 0 Å². The van der Waals surface area contributed by atoms with E-state index in [1.165, 1.54) is 11.3 Å². The molecule has 0 amide bonds. The summed E-state index contributed by atoms with van der Waals surface area (Å²) in [5, 5.41) is 10.5. The molecule has 20 heavy (non-hydrogen) atoms. The average Bonchev–Trinajstić information content (AvgIpc) is 2.80. The molecule has 0 spiro atoms. The first kappa shape index (κ1) is 15.7. The third-order valence-corrected chi connectivity index (χ3v) is 6.59. The molecule has 0 aliphatic rings. The smallest absolute Gasteiger partial charge is 0.250 e. The van der Waals surface area contributed by atoms with Crippen molar-refractivity contribution in [1.29, 1.82) is 0 Å². The van der Waals surface area contributed by atoms with Gasteiger partial charge in [0.15, 0.2) is 0 Å². The van der Waals surface area contributed by atoms with Crippen LogP contribution in [0.5, 0.6) is 0 Å². The minimum Gasteiger partial charge on any atom is -0.396 e. The molecule has 2 rings (SSSR count). The Morgan fingerprint density at radius 3 is 2.70 bits per heavy atom. The summed E-state index contributed by atoms with van der Waals surface area (Å²) < 4.78 is 28.3. The highest BCUT2D eigenvalue weighted by atomic mass is 35.5. The summed E-state index contributed by atoms with van der Waals surface area (Å²) in [6.07, 6.45) is 0. The van der Waals surface area contributed by atoms with Crippen molar-refractivity contribution in [3.05, 3.63) is 29.3 Å². The number of fused-ring (bicyclic) bond motifs is 1. The van der Waals surface area contributed by atoms with E-state index in [9.17, 15) is 8.42 Å². The second-order valence-electron chi connectivity index (χ2n) is 4.82. The number of rotatable bonds is 5. The van der Waals surface area contributed by atoms with Crippen LogP contribution < -0.4 is 4.72 Å². The first-order valence-electron chi connectivity index (χ1n) is 6.16.